The lowest BCUT2D eigenvalue weighted by atomic mass is 9.73. The summed E-state index contributed by atoms with van der Waals surface area (Å²) < 4.78 is 6.14. The molecular weight excluding hydrogens is 428 g/mol. The summed E-state index contributed by atoms with van der Waals surface area (Å²) in [5, 5.41) is 0. The van der Waals surface area contributed by atoms with E-state index in [9.17, 15) is 9.59 Å². The van der Waals surface area contributed by atoms with Gasteiger partial charge in [-0.05, 0) is 49.1 Å². The topological polar surface area (TPSA) is 75.6 Å². The van der Waals surface area contributed by atoms with E-state index in [1.165, 1.54) is 11.8 Å². The lowest BCUT2D eigenvalue weighted by molar-refractivity contribution is -0.137. The second-order valence-electron chi connectivity index (χ2n) is 9.96. The van der Waals surface area contributed by atoms with Gasteiger partial charge in [-0.15, -0.1) is 0 Å². The van der Waals surface area contributed by atoms with Gasteiger partial charge in [0.15, 0.2) is 0 Å². The number of benzene rings is 1. The minimum Gasteiger partial charge on any atom is -0.491 e. The highest BCUT2D eigenvalue weighted by atomic mass is 16.5. The molecule has 0 aliphatic carbocycles. The number of fused-ring (bicyclic) bond motifs is 1. The van der Waals surface area contributed by atoms with E-state index in [4.69, 9.17) is 4.74 Å². The third-order valence-electron chi connectivity index (χ3n) is 7.22. The molecule has 2 aromatic rings. The van der Waals surface area contributed by atoms with Gasteiger partial charge >= 0.3 is 0 Å². The highest BCUT2D eigenvalue weighted by molar-refractivity contribution is 5.92. The number of aromatic nitrogens is 2. The number of aryl methyl sites for hydroxylation is 1. The second-order valence-corrected chi connectivity index (χ2v) is 9.96. The number of likely N-dealkylation sites (tertiary alicyclic amines) is 1. The van der Waals surface area contributed by atoms with E-state index in [1.54, 1.807) is 12.4 Å². The quantitative estimate of drug-likeness (QED) is 0.672. The highest BCUT2D eigenvalue weighted by Gasteiger charge is 2.38. The van der Waals surface area contributed by atoms with E-state index < -0.39 is 0 Å². The Kier molecular flexibility index (Phi) is 7.80. The molecule has 0 atom stereocenters. The summed E-state index contributed by atoms with van der Waals surface area (Å²) in [6.07, 6.45) is 10.7. The van der Waals surface area contributed by atoms with Crippen molar-refractivity contribution in [3.63, 3.8) is 0 Å². The van der Waals surface area contributed by atoms with E-state index in [1.807, 2.05) is 35.8 Å². The maximum absolute atomic E-state index is 13.5. The van der Waals surface area contributed by atoms with E-state index in [0.29, 0.717) is 25.4 Å². The summed E-state index contributed by atoms with van der Waals surface area (Å²) >= 11 is 0. The van der Waals surface area contributed by atoms with Gasteiger partial charge in [-0.25, -0.2) is 4.98 Å². The summed E-state index contributed by atoms with van der Waals surface area (Å²) in [5.74, 6) is 1.03. The first-order valence-electron chi connectivity index (χ1n) is 12.5. The minimum absolute atomic E-state index is 0.00958. The molecule has 7 heteroatoms. The Morgan fingerprint density at radius 3 is 2.53 bits per heavy atom. The highest BCUT2D eigenvalue weighted by Crippen LogP contribution is 2.39. The molecule has 7 nitrogen and oxygen atoms in total. The molecule has 2 amide bonds. The predicted octanol–water partition coefficient (Wildman–Crippen LogP) is 3.99. The Labute approximate surface area is 202 Å². The van der Waals surface area contributed by atoms with Crippen molar-refractivity contribution in [1.82, 2.24) is 19.8 Å². The first-order chi connectivity index (χ1) is 16.5. The molecule has 1 aromatic carbocycles. The van der Waals surface area contributed by atoms with Gasteiger partial charge in [0.2, 0.25) is 5.91 Å². The molecule has 0 bridgehead atoms. The molecule has 1 spiro atoms. The molecule has 0 unspecified atom stereocenters. The van der Waals surface area contributed by atoms with Gasteiger partial charge in [0, 0.05) is 37.9 Å². The average molecular weight is 465 g/mol. The number of para-hydroxylation sites is 1. The van der Waals surface area contributed by atoms with Gasteiger partial charge in [-0.2, -0.15) is 0 Å². The van der Waals surface area contributed by atoms with Crippen LogP contribution in [0.15, 0.2) is 42.9 Å². The normalized spacial score (nSPS) is 19.0. The Bertz CT molecular complexity index is 971. The summed E-state index contributed by atoms with van der Waals surface area (Å²) in [5.41, 5.74) is 1.57. The van der Waals surface area contributed by atoms with Gasteiger partial charge in [-0.1, -0.05) is 38.5 Å². The van der Waals surface area contributed by atoms with Crippen LogP contribution in [0.25, 0.3) is 0 Å². The van der Waals surface area contributed by atoms with Crippen LogP contribution in [0, 0.1) is 11.3 Å². The van der Waals surface area contributed by atoms with Crippen molar-refractivity contribution in [2.24, 2.45) is 11.3 Å². The number of hydrogen-bond acceptors (Lipinski definition) is 5. The van der Waals surface area contributed by atoms with E-state index >= 15 is 0 Å². The fraction of sp³-hybridized carbons (Fsp3) is 0.556. The van der Waals surface area contributed by atoms with Crippen LogP contribution in [0.1, 0.15) is 62.0 Å². The maximum Gasteiger partial charge on any atom is 0.274 e. The molecule has 0 saturated carbocycles. The Hall–Kier alpha value is -2.96. The van der Waals surface area contributed by atoms with Crippen molar-refractivity contribution in [3.05, 3.63) is 54.1 Å². The number of carbonyl (C=O) groups excluding carboxylic acids is 2. The number of amides is 2. The van der Waals surface area contributed by atoms with Crippen molar-refractivity contribution in [3.8, 4) is 5.75 Å². The van der Waals surface area contributed by atoms with Gasteiger partial charge < -0.3 is 14.5 Å². The van der Waals surface area contributed by atoms with Crippen LogP contribution in [-0.4, -0.2) is 64.4 Å². The zero-order valence-electron chi connectivity index (χ0n) is 20.4. The zero-order chi connectivity index (χ0) is 24.0. The molecule has 2 aliphatic rings. The lowest BCUT2D eigenvalue weighted by Crippen LogP contribution is -2.50. The first kappa shape index (κ1) is 24.2. The monoisotopic (exact) mass is 464 g/mol. The SMILES string of the molecule is CC(C)C(=O)N1CCC2(CCCCc3ccccc3OCCN(C(=O)c3cnccn3)C2)CC1. The third kappa shape index (κ3) is 5.75. The molecule has 2 aliphatic heterocycles. The molecular formula is C27H36N4O3. The van der Waals surface area contributed by atoms with Crippen molar-refractivity contribution < 1.29 is 14.3 Å². The van der Waals surface area contributed by atoms with Crippen molar-refractivity contribution in [2.75, 3.05) is 32.8 Å². The van der Waals surface area contributed by atoms with Crippen LogP contribution in [0.3, 0.4) is 0 Å². The maximum atomic E-state index is 13.5. The largest absolute Gasteiger partial charge is 0.491 e. The van der Waals surface area contributed by atoms with Crippen molar-refractivity contribution >= 4 is 11.8 Å². The molecule has 1 saturated heterocycles. The van der Waals surface area contributed by atoms with Gasteiger partial charge in [0.05, 0.1) is 12.7 Å². The lowest BCUT2D eigenvalue weighted by Gasteiger charge is -2.45. The molecule has 182 valence electrons. The molecule has 0 radical (unpaired) electrons. The second kappa shape index (κ2) is 11.0. The van der Waals surface area contributed by atoms with Crippen LogP contribution in [0.2, 0.25) is 0 Å². The summed E-state index contributed by atoms with van der Waals surface area (Å²) in [7, 11) is 0. The fourth-order valence-corrected chi connectivity index (χ4v) is 5.21. The Balaban J connectivity index is 1.57. The molecule has 1 aromatic heterocycles. The zero-order valence-corrected chi connectivity index (χ0v) is 20.4. The van der Waals surface area contributed by atoms with Gasteiger partial charge in [0.1, 0.15) is 18.1 Å². The minimum atomic E-state index is -0.109. The number of nitrogens with zero attached hydrogens (tertiary/aromatic N) is 4. The summed E-state index contributed by atoms with van der Waals surface area (Å²) in [6, 6.07) is 8.20. The smallest absolute Gasteiger partial charge is 0.274 e. The average Bonchev–Trinajstić information content (AvgIpc) is 2.86. The standard InChI is InChI=1S/C27H36N4O3/c1-21(2)25(32)30-15-11-27(12-16-30)10-6-5-8-22-7-3-4-9-24(22)34-18-17-31(20-27)26(33)23-19-28-13-14-29-23/h3-4,7,9,13-14,19,21H,5-6,8,10-12,15-18,20H2,1-2H3. The first-order valence-corrected chi connectivity index (χ1v) is 12.5. The molecule has 34 heavy (non-hydrogen) atoms. The Morgan fingerprint density at radius 2 is 1.79 bits per heavy atom. The predicted molar refractivity (Wildman–Crippen MR) is 131 cm³/mol. The number of ether oxygens (including phenoxy) is 1. The van der Waals surface area contributed by atoms with Crippen molar-refractivity contribution in [2.45, 2.75) is 52.4 Å². The molecule has 0 N–H and O–H groups in total. The molecule has 3 heterocycles. The van der Waals surface area contributed by atoms with Crippen LogP contribution in [0.5, 0.6) is 5.75 Å². The van der Waals surface area contributed by atoms with E-state index in [2.05, 4.69) is 22.1 Å². The van der Waals surface area contributed by atoms with E-state index in [0.717, 1.165) is 57.4 Å². The summed E-state index contributed by atoms with van der Waals surface area (Å²) in [6.45, 7) is 6.99. The Morgan fingerprint density at radius 1 is 1.00 bits per heavy atom. The van der Waals surface area contributed by atoms with Gasteiger partial charge in [-0.3, -0.25) is 14.6 Å². The number of hydrogen-bond donors (Lipinski definition) is 0. The third-order valence-corrected chi connectivity index (χ3v) is 7.22. The van der Waals surface area contributed by atoms with Crippen LogP contribution in [-0.2, 0) is 11.2 Å². The molecule has 4 rings (SSSR count). The number of rotatable bonds is 2. The van der Waals surface area contributed by atoms with Crippen molar-refractivity contribution in [1.29, 1.82) is 0 Å². The molecule has 1 fully saturated rings. The summed E-state index contributed by atoms with van der Waals surface area (Å²) in [4.78, 5) is 38.3. The van der Waals surface area contributed by atoms with Crippen LogP contribution in [0.4, 0.5) is 0 Å². The van der Waals surface area contributed by atoms with Crippen LogP contribution < -0.4 is 4.74 Å². The number of piperidine rings is 1. The van der Waals surface area contributed by atoms with Gasteiger partial charge in [0.25, 0.3) is 5.91 Å². The fourth-order valence-electron chi connectivity index (χ4n) is 5.21. The van der Waals surface area contributed by atoms with Crippen LogP contribution >= 0.6 is 0 Å². The number of carbonyl (C=O) groups is 2. The van der Waals surface area contributed by atoms with E-state index in [-0.39, 0.29) is 23.1 Å².